The van der Waals surface area contributed by atoms with Crippen molar-refractivity contribution in [1.82, 2.24) is 0 Å². The van der Waals surface area contributed by atoms with Crippen molar-refractivity contribution >= 4 is 22.1 Å². The standard InChI is InChI=1S/C27H44O7S/c1-17(2)23-8-9-24-22(16-33-35(7,30)31)25(11-13-27(23,24)6)26(5)12-10-21(34-19(4)29)14-20(26)15-32-18(3)28/h20-25H,1,8-16H2,2-7H3/t20-,21+,22+,23-,24?,25?,26+,27-/m1/s1. The number of hydrogen-bond acceptors (Lipinski definition) is 7. The van der Waals surface area contributed by atoms with Crippen LogP contribution in [0.2, 0.25) is 0 Å². The highest BCUT2D eigenvalue weighted by Gasteiger charge is 2.59. The molecule has 2 unspecified atom stereocenters. The molecule has 0 spiro atoms. The molecule has 35 heavy (non-hydrogen) atoms. The molecule has 0 amide bonds. The summed E-state index contributed by atoms with van der Waals surface area (Å²) in [6, 6.07) is 0. The Morgan fingerprint density at radius 1 is 0.914 bits per heavy atom. The van der Waals surface area contributed by atoms with Gasteiger partial charge in [0.25, 0.3) is 10.1 Å². The molecule has 0 N–H and O–H groups in total. The highest BCUT2D eigenvalue weighted by atomic mass is 32.2. The lowest BCUT2D eigenvalue weighted by molar-refractivity contribution is -0.162. The number of allylic oxidation sites excluding steroid dienone is 1. The molecule has 0 bridgehead atoms. The van der Waals surface area contributed by atoms with Crippen LogP contribution in [0.1, 0.15) is 79.6 Å². The molecule has 200 valence electrons. The number of carbonyl (C=O) groups is 2. The van der Waals surface area contributed by atoms with E-state index in [4.69, 9.17) is 13.7 Å². The number of hydrogen-bond donors (Lipinski definition) is 0. The van der Waals surface area contributed by atoms with Crippen LogP contribution in [0, 0.1) is 40.4 Å². The molecule has 0 aromatic rings. The first-order valence-corrected chi connectivity index (χ1v) is 14.8. The van der Waals surface area contributed by atoms with Gasteiger partial charge in [0.2, 0.25) is 0 Å². The van der Waals surface area contributed by atoms with Gasteiger partial charge in [0.1, 0.15) is 6.10 Å². The minimum absolute atomic E-state index is 0.0120. The van der Waals surface area contributed by atoms with E-state index >= 15 is 0 Å². The van der Waals surface area contributed by atoms with Crippen molar-refractivity contribution in [3.05, 3.63) is 12.2 Å². The second-order valence-corrected chi connectivity index (χ2v) is 13.5. The van der Waals surface area contributed by atoms with Crippen molar-refractivity contribution in [2.75, 3.05) is 19.5 Å². The molecule has 3 aliphatic rings. The molecule has 0 saturated heterocycles. The minimum atomic E-state index is -3.58. The molecule has 8 atom stereocenters. The van der Waals surface area contributed by atoms with Gasteiger partial charge in [-0.25, -0.2) is 0 Å². The monoisotopic (exact) mass is 512 g/mol. The van der Waals surface area contributed by atoms with Crippen molar-refractivity contribution in [3.63, 3.8) is 0 Å². The molecule has 7 nitrogen and oxygen atoms in total. The average molecular weight is 513 g/mol. The van der Waals surface area contributed by atoms with Crippen LogP contribution in [0.15, 0.2) is 12.2 Å². The predicted octanol–water partition coefficient (Wildman–Crippen LogP) is 4.90. The molecule has 3 aliphatic carbocycles. The van der Waals surface area contributed by atoms with E-state index in [0.29, 0.717) is 18.3 Å². The van der Waals surface area contributed by atoms with E-state index in [0.717, 1.165) is 44.8 Å². The summed E-state index contributed by atoms with van der Waals surface area (Å²) < 4.78 is 40.6. The van der Waals surface area contributed by atoms with E-state index in [1.54, 1.807) is 0 Å². The zero-order valence-electron chi connectivity index (χ0n) is 22.3. The highest BCUT2D eigenvalue weighted by molar-refractivity contribution is 7.85. The van der Waals surface area contributed by atoms with Crippen LogP contribution in [-0.4, -0.2) is 45.9 Å². The Kier molecular flexibility index (Phi) is 8.47. The first kappa shape index (κ1) is 28.2. The SMILES string of the molecule is C=C(C)[C@H]1CCC2[C@H](COS(C)(=O)=O)C([C@@]3(C)CC[C@H](OC(C)=O)C[C@@H]3COC(C)=O)CC[C@@]21C. The van der Waals surface area contributed by atoms with Crippen LogP contribution < -0.4 is 0 Å². The second-order valence-electron chi connectivity index (χ2n) is 11.9. The first-order valence-electron chi connectivity index (χ1n) is 13.0. The number of fused-ring (bicyclic) bond motifs is 1. The maximum absolute atomic E-state index is 12.0. The second kappa shape index (κ2) is 10.5. The van der Waals surface area contributed by atoms with Gasteiger partial charge in [0.15, 0.2) is 0 Å². The zero-order chi connectivity index (χ0) is 26.2. The zero-order valence-corrected chi connectivity index (χ0v) is 23.1. The van der Waals surface area contributed by atoms with Crippen molar-refractivity contribution in [2.24, 2.45) is 40.4 Å². The molecule has 3 rings (SSSR count). The van der Waals surface area contributed by atoms with Crippen LogP contribution in [0.4, 0.5) is 0 Å². The molecule has 0 aromatic carbocycles. The number of esters is 2. The van der Waals surface area contributed by atoms with Crippen molar-refractivity contribution < 1.29 is 31.7 Å². The average Bonchev–Trinajstić information content (AvgIpc) is 3.08. The lowest BCUT2D eigenvalue weighted by atomic mass is 9.48. The van der Waals surface area contributed by atoms with Gasteiger partial charge in [-0.1, -0.05) is 26.0 Å². The van der Waals surface area contributed by atoms with E-state index in [1.165, 1.54) is 19.4 Å². The number of ether oxygens (including phenoxy) is 2. The van der Waals surface area contributed by atoms with Crippen molar-refractivity contribution in [1.29, 1.82) is 0 Å². The molecule has 0 radical (unpaired) electrons. The topological polar surface area (TPSA) is 96.0 Å². The number of rotatable bonds is 8. The molecule has 0 heterocycles. The van der Waals surface area contributed by atoms with Gasteiger partial charge in [-0.2, -0.15) is 8.42 Å². The molecule has 3 fully saturated rings. The fourth-order valence-electron chi connectivity index (χ4n) is 8.04. The Balaban J connectivity index is 1.95. The van der Waals surface area contributed by atoms with Crippen molar-refractivity contribution in [3.8, 4) is 0 Å². The third-order valence-electron chi connectivity index (χ3n) is 9.66. The van der Waals surface area contributed by atoms with Gasteiger partial charge < -0.3 is 9.47 Å². The molecule has 3 saturated carbocycles. The summed E-state index contributed by atoms with van der Waals surface area (Å²) in [6.45, 7) is 14.3. The van der Waals surface area contributed by atoms with E-state index in [9.17, 15) is 18.0 Å². The van der Waals surface area contributed by atoms with Crippen LogP contribution in [0.3, 0.4) is 0 Å². The highest BCUT2D eigenvalue weighted by Crippen LogP contribution is 2.65. The lowest BCUT2D eigenvalue weighted by Gasteiger charge is -2.57. The fourth-order valence-corrected chi connectivity index (χ4v) is 8.44. The Morgan fingerprint density at radius 3 is 2.11 bits per heavy atom. The summed E-state index contributed by atoms with van der Waals surface area (Å²) in [6.07, 6.45) is 7.24. The van der Waals surface area contributed by atoms with Crippen LogP contribution in [-0.2, 0) is 33.4 Å². The van der Waals surface area contributed by atoms with Gasteiger partial charge in [-0.05, 0) is 86.4 Å². The third-order valence-corrected chi connectivity index (χ3v) is 10.2. The summed E-state index contributed by atoms with van der Waals surface area (Å²) in [7, 11) is -3.58. The van der Waals surface area contributed by atoms with E-state index in [-0.39, 0.29) is 59.8 Å². The maximum atomic E-state index is 12.0. The normalized spacial score (nSPS) is 39.5. The first-order chi connectivity index (χ1) is 16.2. The summed E-state index contributed by atoms with van der Waals surface area (Å²) in [5.74, 6) is 0.441. The molecule has 0 aromatic heterocycles. The largest absolute Gasteiger partial charge is 0.466 e. The van der Waals surface area contributed by atoms with Crippen LogP contribution >= 0.6 is 0 Å². The van der Waals surface area contributed by atoms with Gasteiger partial charge >= 0.3 is 11.9 Å². The third kappa shape index (κ3) is 6.12. The van der Waals surface area contributed by atoms with Gasteiger partial charge in [-0.3, -0.25) is 13.8 Å². The maximum Gasteiger partial charge on any atom is 0.302 e. The molecule has 8 heteroatoms. The Labute approximate surface area is 211 Å². The molecular formula is C27H44O7S. The molecular weight excluding hydrogens is 468 g/mol. The Bertz CT molecular complexity index is 928. The van der Waals surface area contributed by atoms with E-state index in [1.807, 2.05) is 0 Å². The summed E-state index contributed by atoms with van der Waals surface area (Å²) in [5, 5.41) is 0. The van der Waals surface area contributed by atoms with Crippen LogP contribution in [0.5, 0.6) is 0 Å². The molecule has 0 aliphatic heterocycles. The smallest absolute Gasteiger partial charge is 0.302 e. The van der Waals surface area contributed by atoms with Gasteiger partial charge in [-0.15, -0.1) is 0 Å². The summed E-state index contributed by atoms with van der Waals surface area (Å²) in [5.41, 5.74) is 1.09. The van der Waals surface area contributed by atoms with Crippen LogP contribution in [0.25, 0.3) is 0 Å². The number of carbonyl (C=O) groups excluding carboxylic acids is 2. The van der Waals surface area contributed by atoms with E-state index < -0.39 is 10.1 Å². The van der Waals surface area contributed by atoms with Gasteiger partial charge in [0, 0.05) is 19.8 Å². The predicted molar refractivity (Wildman–Crippen MR) is 134 cm³/mol. The summed E-state index contributed by atoms with van der Waals surface area (Å²) in [4.78, 5) is 23.3. The van der Waals surface area contributed by atoms with Gasteiger partial charge in [0.05, 0.1) is 19.5 Å². The van der Waals surface area contributed by atoms with E-state index in [2.05, 4.69) is 27.4 Å². The Hall–Kier alpha value is -1.41. The summed E-state index contributed by atoms with van der Waals surface area (Å²) >= 11 is 0. The fraction of sp³-hybridized carbons (Fsp3) is 0.852. The Morgan fingerprint density at radius 2 is 1.54 bits per heavy atom. The minimum Gasteiger partial charge on any atom is -0.466 e. The van der Waals surface area contributed by atoms with Crippen molar-refractivity contribution in [2.45, 2.75) is 85.7 Å². The lowest BCUT2D eigenvalue weighted by Crippen LogP contribution is -2.53. The quantitative estimate of drug-likeness (QED) is 0.259.